The molecule has 1 aliphatic heterocycles. The SMILES string of the molecule is c1ccc2c(c1)SCC2CNOC1CCCC1. The summed E-state index contributed by atoms with van der Waals surface area (Å²) in [7, 11) is 0. The summed E-state index contributed by atoms with van der Waals surface area (Å²) in [4.78, 5) is 7.17. The van der Waals surface area contributed by atoms with Crippen molar-refractivity contribution in [3.63, 3.8) is 0 Å². The molecule has 92 valence electrons. The summed E-state index contributed by atoms with van der Waals surface area (Å²) in [6.07, 6.45) is 5.56. The van der Waals surface area contributed by atoms with Gasteiger partial charge in [0, 0.05) is 23.1 Å². The lowest BCUT2D eigenvalue weighted by atomic mass is 10.0. The van der Waals surface area contributed by atoms with Crippen LogP contribution in [0.3, 0.4) is 0 Å². The van der Waals surface area contributed by atoms with E-state index < -0.39 is 0 Å². The number of rotatable bonds is 4. The quantitative estimate of drug-likeness (QED) is 0.827. The van der Waals surface area contributed by atoms with Gasteiger partial charge in [-0.1, -0.05) is 31.0 Å². The third-order valence-electron chi connectivity index (χ3n) is 3.68. The second-order valence-corrected chi connectivity index (χ2v) is 5.98. The van der Waals surface area contributed by atoms with E-state index >= 15 is 0 Å². The zero-order chi connectivity index (χ0) is 11.5. The fourth-order valence-corrected chi connectivity index (χ4v) is 3.93. The van der Waals surface area contributed by atoms with Crippen LogP contribution >= 0.6 is 11.8 Å². The highest BCUT2D eigenvalue weighted by Crippen LogP contribution is 2.38. The van der Waals surface area contributed by atoms with Crippen LogP contribution in [0.1, 0.15) is 37.2 Å². The van der Waals surface area contributed by atoms with E-state index in [1.54, 1.807) is 0 Å². The Bertz CT molecular complexity index is 376. The smallest absolute Gasteiger partial charge is 0.0790 e. The van der Waals surface area contributed by atoms with Gasteiger partial charge in [-0.2, -0.15) is 0 Å². The van der Waals surface area contributed by atoms with E-state index in [-0.39, 0.29) is 0 Å². The van der Waals surface area contributed by atoms with E-state index in [1.165, 1.54) is 41.9 Å². The predicted octanol–water partition coefficient (Wildman–Crippen LogP) is 3.34. The number of hydrogen-bond donors (Lipinski definition) is 1. The molecule has 0 spiro atoms. The molecular weight excluding hydrogens is 230 g/mol. The molecule has 1 heterocycles. The second-order valence-electron chi connectivity index (χ2n) is 4.92. The Balaban J connectivity index is 1.50. The molecule has 17 heavy (non-hydrogen) atoms. The first kappa shape index (κ1) is 11.6. The lowest BCUT2D eigenvalue weighted by Crippen LogP contribution is -2.26. The molecule has 0 saturated heterocycles. The zero-order valence-corrected chi connectivity index (χ0v) is 10.8. The molecule has 0 bridgehead atoms. The van der Waals surface area contributed by atoms with Crippen molar-refractivity contribution in [2.75, 3.05) is 12.3 Å². The van der Waals surface area contributed by atoms with Crippen LogP contribution in [-0.2, 0) is 4.84 Å². The summed E-state index contributed by atoms with van der Waals surface area (Å²) in [5.41, 5.74) is 4.68. The minimum atomic E-state index is 0.458. The molecule has 1 aromatic rings. The number of hydrogen-bond acceptors (Lipinski definition) is 3. The van der Waals surface area contributed by atoms with Crippen molar-refractivity contribution in [1.29, 1.82) is 0 Å². The van der Waals surface area contributed by atoms with Crippen molar-refractivity contribution >= 4 is 11.8 Å². The van der Waals surface area contributed by atoms with Gasteiger partial charge in [0.15, 0.2) is 0 Å². The molecule has 1 fully saturated rings. The Labute approximate surface area is 107 Å². The summed E-state index contributed by atoms with van der Waals surface area (Å²) in [5, 5.41) is 0. The van der Waals surface area contributed by atoms with Crippen LogP contribution in [0.4, 0.5) is 0 Å². The third-order valence-corrected chi connectivity index (χ3v) is 4.93. The number of nitrogens with one attached hydrogen (secondary N) is 1. The average molecular weight is 249 g/mol. The molecular formula is C14H19NOS. The van der Waals surface area contributed by atoms with Crippen LogP contribution in [-0.4, -0.2) is 18.4 Å². The van der Waals surface area contributed by atoms with Crippen molar-refractivity contribution in [3.05, 3.63) is 29.8 Å². The lowest BCUT2D eigenvalue weighted by molar-refractivity contribution is -0.0221. The molecule has 1 N–H and O–H groups in total. The third kappa shape index (κ3) is 2.67. The minimum Gasteiger partial charge on any atom is -0.298 e. The lowest BCUT2D eigenvalue weighted by Gasteiger charge is -2.15. The molecule has 1 aromatic carbocycles. The molecule has 2 nitrogen and oxygen atoms in total. The summed E-state index contributed by atoms with van der Waals surface area (Å²) in [6, 6.07) is 8.72. The van der Waals surface area contributed by atoms with Crippen LogP contribution < -0.4 is 5.48 Å². The monoisotopic (exact) mass is 249 g/mol. The first-order chi connectivity index (χ1) is 8.43. The summed E-state index contributed by atoms with van der Waals surface area (Å²) < 4.78 is 0. The van der Waals surface area contributed by atoms with Crippen LogP contribution in [0.15, 0.2) is 29.2 Å². The van der Waals surface area contributed by atoms with Gasteiger partial charge in [-0.15, -0.1) is 11.8 Å². The largest absolute Gasteiger partial charge is 0.298 e. The molecule has 2 aliphatic rings. The van der Waals surface area contributed by atoms with E-state index in [2.05, 4.69) is 29.7 Å². The maximum Gasteiger partial charge on any atom is 0.0790 e. The highest BCUT2D eigenvalue weighted by atomic mass is 32.2. The maximum absolute atomic E-state index is 5.72. The van der Waals surface area contributed by atoms with Gasteiger partial charge in [0.25, 0.3) is 0 Å². The van der Waals surface area contributed by atoms with Gasteiger partial charge in [-0.05, 0) is 24.5 Å². The molecule has 1 unspecified atom stereocenters. The summed E-state index contributed by atoms with van der Waals surface area (Å²) in [5.74, 6) is 1.79. The van der Waals surface area contributed by atoms with E-state index in [0.717, 1.165) is 6.54 Å². The highest BCUT2D eigenvalue weighted by molar-refractivity contribution is 7.99. The van der Waals surface area contributed by atoms with E-state index in [9.17, 15) is 0 Å². The standard InChI is InChI=1S/C14H19NOS/c1-2-6-12(5-1)16-15-9-11-10-17-14-8-4-3-7-13(11)14/h3-4,7-8,11-12,15H,1-2,5-6,9-10H2. The van der Waals surface area contributed by atoms with Crippen molar-refractivity contribution in [2.45, 2.75) is 42.6 Å². The Kier molecular flexibility index (Phi) is 3.69. The van der Waals surface area contributed by atoms with Gasteiger partial charge in [-0.25, -0.2) is 5.48 Å². The topological polar surface area (TPSA) is 21.3 Å². The summed E-state index contributed by atoms with van der Waals surface area (Å²) in [6.45, 7) is 0.945. The molecule has 1 saturated carbocycles. The molecule has 3 rings (SSSR count). The molecule has 1 aliphatic carbocycles. The van der Waals surface area contributed by atoms with Gasteiger partial charge in [0.2, 0.25) is 0 Å². The van der Waals surface area contributed by atoms with Crippen molar-refractivity contribution in [2.24, 2.45) is 0 Å². The fourth-order valence-electron chi connectivity index (χ4n) is 2.67. The van der Waals surface area contributed by atoms with Gasteiger partial charge in [-0.3, -0.25) is 4.84 Å². The molecule has 1 atom stereocenters. The van der Waals surface area contributed by atoms with E-state index in [4.69, 9.17) is 4.84 Å². The van der Waals surface area contributed by atoms with Crippen molar-refractivity contribution < 1.29 is 4.84 Å². The first-order valence-electron chi connectivity index (χ1n) is 6.54. The normalized spacial score (nSPS) is 24.1. The number of fused-ring (bicyclic) bond motifs is 1. The Hall–Kier alpha value is -0.510. The van der Waals surface area contributed by atoms with E-state index in [0.29, 0.717) is 12.0 Å². The van der Waals surface area contributed by atoms with Gasteiger partial charge in [0.05, 0.1) is 6.10 Å². The molecule has 0 radical (unpaired) electrons. The molecule has 3 heteroatoms. The fraction of sp³-hybridized carbons (Fsp3) is 0.571. The van der Waals surface area contributed by atoms with Gasteiger partial charge < -0.3 is 0 Å². The van der Waals surface area contributed by atoms with Crippen LogP contribution in [0.2, 0.25) is 0 Å². The molecule has 0 aromatic heterocycles. The predicted molar refractivity (Wildman–Crippen MR) is 71.3 cm³/mol. The average Bonchev–Trinajstić information content (AvgIpc) is 2.99. The van der Waals surface area contributed by atoms with Crippen molar-refractivity contribution in [1.82, 2.24) is 5.48 Å². The Morgan fingerprint density at radius 3 is 2.94 bits per heavy atom. The first-order valence-corrected chi connectivity index (χ1v) is 7.52. The maximum atomic E-state index is 5.72. The number of hydroxylamine groups is 1. The number of thioether (sulfide) groups is 1. The second kappa shape index (κ2) is 5.42. The zero-order valence-electron chi connectivity index (χ0n) is 10.0. The number of benzene rings is 1. The molecule has 0 amide bonds. The van der Waals surface area contributed by atoms with Crippen LogP contribution in [0.25, 0.3) is 0 Å². The van der Waals surface area contributed by atoms with Gasteiger partial charge in [0.1, 0.15) is 0 Å². The van der Waals surface area contributed by atoms with Crippen LogP contribution in [0, 0.1) is 0 Å². The summed E-state index contributed by atoms with van der Waals surface area (Å²) >= 11 is 1.96. The Morgan fingerprint density at radius 2 is 2.06 bits per heavy atom. The van der Waals surface area contributed by atoms with E-state index in [1.807, 2.05) is 11.8 Å². The van der Waals surface area contributed by atoms with Crippen LogP contribution in [0.5, 0.6) is 0 Å². The highest BCUT2D eigenvalue weighted by Gasteiger charge is 2.23. The van der Waals surface area contributed by atoms with Crippen molar-refractivity contribution in [3.8, 4) is 0 Å². The van der Waals surface area contributed by atoms with Gasteiger partial charge >= 0.3 is 0 Å². The minimum absolute atomic E-state index is 0.458. The Morgan fingerprint density at radius 1 is 1.24 bits per heavy atom.